The minimum absolute atomic E-state index is 0.0892. The molecule has 1 aromatic carbocycles. The minimum atomic E-state index is -0.263. The molecule has 2 aromatic rings. The Hall–Kier alpha value is -2.00. The molecule has 0 unspecified atom stereocenters. The van der Waals surface area contributed by atoms with E-state index in [-0.39, 0.29) is 24.3 Å². The van der Waals surface area contributed by atoms with Gasteiger partial charge in [0.05, 0.1) is 12.3 Å². The van der Waals surface area contributed by atoms with Gasteiger partial charge in [0.2, 0.25) is 0 Å². The van der Waals surface area contributed by atoms with E-state index in [1.54, 1.807) is 12.1 Å². The van der Waals surface area contributed by atoms with Crippen molar-refractivity contribution in [2.24, 2.45) is 5.92 Å². The van der Waals surface area contributed by atoms with Crippen LogP contribution >= 0.6 is 0 Å². The zero-order valence-electron chi connectivity index (χ0n) is 16.7. The first kappa shape index (κ1) is 20.3. The summed E-state index contributed by atoms with van der Waals surface area (Å²) < 4.78 is 13.5. The Balaban J connectivity index is 2.91. The number of aliphatic hydroxyl groups excluding tert-OH is 1. The second-order valence-corrected chi connectivity index (χ2v) is 7.73. The number of aliphatic hydroxyl groups is 1. The Morgan fingerprint density at radius 1 is 0.962 bits per heavy atom. The van der Waals surface area contributed by atoms with Crippen LogP contribution in [0.3, 0.4) is 0 Å². The summed E-state index contributed by atoms with van der Waals surface area (Å²) in [6.45, 7) is 12.6. The summed E-state index contributed by atoms with van der Waals surface area (Å²) in [6.07, 6.45) is 4.25. The maximum Gasteiger partial charge on any atom is 0.123 e. The highest BCUT2D eigenvalue weighted by Crippen LogP contribution is 2.37. The Kier molecular flexibility index (Phi) is 6.71. The number of halogens is 1. The molecular formula is C23H30FNO. The Labute approximate surface area is 156 Å². The summed E-state index contributed by atoms with van der Waals surface area (Å²) in [4.78, 5) is 4.94. The Morgan fingerprint density at radius 3 is 2.00 bits per heavy atom. The molecule has 0 bridgehead atoms. The van der Waals surface area contributed by atoms with Gasteiger partial charge in [0.1, 0.15) is 5.82 Å². The van der Waals surface area contributed by atoms with Gasteiger partial charge >= 0.3 is 0 Å². The van der Waals surface area contributed by atoms with Gasteiger partial charge in [-0.1, -0.05) is 65.8 Å². The average Bonchev–Trinajstić information content (AvgIpc) is 2.58. The summed E-state index contributed by atoms with van der Waals surface area (Å²) >= 11 is 0. The van der Waals surface area contributed by atoms with E-state index >= 15 is 0 Å². The standard InChI is InChI=1S/C23H30FNO/c1-14(2)7-12-19-21(17-8-10-18(24)11-9-17)20(13-26)23(16(5)6)25-22(19)15(3)4/h7-12,14-16,26H,13H2,1-6H3. The van der Waals surface area contributed by atoms with E-state index in [9.17, 15) is 9.50 Å². The normalized spacial score (nSPS) is 12.1. The predicted molar refractivity (Wildman–Crippen MR) is 108 cm³/mol. The SMILES string of the molecule is CC(C)C=Cc1c(C(C)C)nc(C(C)C)c(CO)c1-c1ccc(F)cc1. The van der Waals surface area contributed by atoms with Crippen LogP contribution in [-0.2, 0) is 6.61 Å². The molecule has 1 N–H and O–H groups in total. The van der Waals surface area contributed by atoms with Crippen LogP contribution in [0.1, 0.15) is 75.9 Å². The maximum absolute atomic E-state index is 13.5. The summed E-state index contributed by atoms with van der Waals surface area (Å²) in [5.74, 6) is 0.572. The first-order valence-electron chi connectivity index (χ1n) is 9.37. The molecule has 1 heterocycles. The molecule has 0 fully saturated rings. The highest BCUT2D eigenvalue weighted by Gasteiger charge is 2.22. The quantitative estimate of drug-likeness (QED) is 0.660. The summed E-state index contributed by atoms with van der Waals surface area (Å²) in [7, 11) is 0. The van der Waals surface area contributed by atoms with Gasteiger partial charge < -0.3 is 5.11 Å². The molecule has 26 heavy (non-hydrogen) atoms. The second-order valence-electron chi connectivity index (χ2n) is 7.73. The highest BCUT2D eigenvalue weighted by atomic mass is 19.1. The van der Waals surface area contributed by atoms with Crippen LogP contribution in [0.5, 0.6) is 0 Å². The molecule has 2 nitrogen and oxygen atoms in total. The van der Waals surface area contributed by atoms with Crippen molar-refractivity contribution in [1.29, 1.82) is 0 Å². The van der Waals surface area contributed by atoms with Gasteiger partial charge in [0, 0.05) is 16.8 Å². The van der Waals surface area contributed by atoms with E-state index in [0.29, 0.717) is 5.92 Å². The van der Waals surface area contributed by atoms with Crippen LogP contribution in [-0.4, -0.2) is 10.1 Å². The van der Waals surface area contributed by atoms with Crippen molar-refractivity contribution in [1.82, 2.24) is 4.98 Å². The molecule has 0 aliphatic heterocycles. The van der Waals surface area contributed by atoms with Crippen LogP contribution in [0, 0.1) is 11.7 Å². The van der Waals surface area contributed by atoms with Gasteiger partial charge in [-0.05, 0) is 41.0 Å². The molecule has 1 aromatic heterocycles. The molecule has 0 aliphatic carbocycles. The third-order valence-electron chi connectivity index (χ3n) is 4.43. The number of allylic oxidation sites excluding steroid dienone is 1. The monoisotopic (exact) mass is 355 g/mol. The lowest BCUT2D eigenvalue weighted by Gasteiger charge is -2.23. The molecule has 3 heteroatoms. The van der Waals surface area contributed by atoms with E-state index in [0.717, 1.165) is 33.6 Å². The smallest absolute Gasteiger partial charge is 0.123 e. The van der Waals surface area contributed by atoms with Gasteiger partial charge in [0.15, 0.2) is 0 Å². The van der Waals surface area contributed by atoms with Crippen molar-refractivity contribution >= 4 is 6.08 Å². The molecule has 140 valence electrons. The zero-order chi connectivity index (χ0) is 19.4. The van der Waals surface area contributed by atoms with E-state index in [1.165, 1.54) is 12.1 Å². The summed E-state index contributed by atoms with van der Waals surface area (Å²) in [6, 6.07) is 6.50. The van der Waals surface area contributed by atoms with E-state index < -0.39 is 0 Å². The summed E-state index contributed by atoms with van der Waals surface area (Å²) in [5.41, 5.74) is 5.66. The molecule has 0 amide bonds. The lowest BCUT2D eigenvalue weighted by molar-refractivity contribution is 0.280. The topological polar surface area (TPSA) is 33.1 Å². The third-order valence-corrected chi connectivity index (χ3v) is 4.43. The van der Waals surface area contributed by atoms with Crippen molar-refractivity contribution in [3.05, 3.63) is 58.7 Å². The number of hydrogen-bond donors (Lipinski definition) is 1. The van der Waals surface area contributed by atoms with Gasteiger partial charge in [-0.15, -0.1) is 0 Å². The number of nitrogens with zero attached hydrogens (tertiary/aromatic N) is 1. The van der Waals surface area contributed by atoms with E-state index in [1.807, 2.05) is 0 Å². The fourth-order valence-electron chi connectivity index (χ4n) is 3.16. The Bertz CT molecular complexity index is 774. The average molecular weight is 355 g/mol. The number of aromatic nitrogens is 1. The molecule has 0 saturated heterocycles. The van der Waals surface area contributed by atoms with E-state index in [4.69, 9.17) is 4.98 Å². The Morgan fingerprint density at radius 2 is 1.54 bits per heavy atom. The van der Waals surface area contributed by atoms with Crippen LogP contribution < -0.4 is 0 Å². The molecule has 0 radical (unpaired) electrons. The lowest BCUT2D eigenvalue weighted by Crippen LogP contribution is -2.10. The van der Waals surface area contributed by atoms with Crippen molar-refractivity contribution in [2.75, 3.05) is 0 Å². The largest absolute Gasteiger partial charge is 0.392 e. The van der Waals surface area contributed by atoms with Crippen LogP contribution in [0.25, 0.3) is 17.2 Å². The van der Waals surface area contributed by atoms with Gasteiger partial charge in [0.25, 0.3) is 0 Å². The third kappa shape index (κ3) is 4.39. The van der Waals surface area contributed by atoms with E-state index in [2.05, 4.69) is 53.7 Å². The van der Waals surface area contributed by atoms with Crippen molar-refractivity contribution in [3.63, 3.8) is 0 Å². The van der Waals surface area contributed by atoms with Gasteiger partial charge in [-0.3, -0.25) is 4.98 Å². The minimum Gasteiger partial charge on any atom is -0.392 e. The summed E-state index contributed by atoms with van der Waals surface area (Å²) in [5, 5.41) is 10.2. The van der Waals surface area contributed by atoms with Crippen molar-refractivity contribution in [2.45, 2.75) is 60.0 Å². The molecule has 0 atom stereocenters. The predicted octanol–water partition coefficient (Wildman–Crippen LogP) is 6.30. The number of hydrogen-bond acceptors (Lipinski definition) is 2. The van der Waals surface area contributed by atoms with Crippen LogP contribution in [0.15, 0.2) is 30.3 Å². The van der Waals surface area contributed by atoms with Gasteiger partial charge in [-0.2, -0.15) is 0 Å². The lowest BCUT2D eigenvalue weighted by atomic mass is 9.87. The second kappa shape index (κ2) is 8.59. The van der Waals surface area contributed by atoms with Gasteiger partial charge in [-0.25, -0.2) is 4.39 Å². The van der Waals surface area contributed by atoms with Crippen molar-refractivity contribution in [3.8, 4) is 11.1 Å². The molecule has 2 rings (SSSR count). The number of rotatable bonds is 6. The molecule has 0 saturated carbocycles. The number of pyridine rings is 1. The fourth-order valence-corrected chi connectivity index (χ4v) is 3.16. The fraction of sp³-hybridized carbons (Fsp3) is 0.435. The zero-order valence-corrected chi connectivity index (χ0v) is 16.7. The number of benzene rings is 1. The highest BCUT2D eigenvalue weighted by molar-refractivity contribution is 5.80. The first-order chi connectivity index (χ1) is 12.3. The molecule has 0 aliphatic rings. The molecular weight excluding hydrogens is 325 g/mol. The van der Waals surface area contributed by atoms with Crippen LogP contribution in [0.4, 0.5) is 4.39 Å². The molecule has 0 spiro atoms. The van der Waals surface area contributed by atoms with Crippen LogP contribution in [0.2, 0.25) is 0 Å². The maximum atomic E-state index is 13.5. The first-order valence-corrected chi connectivity index (χ1v) is 9.37. The van der Waals surface area contributed by atoms with Crippen molar-refractivity contribution < 1.29 is 9.50 Å².